The van der Waals surface area contributed by atoms with Crippen LogP contribution < -0.4 is 4.74 Å². The lowest BCUT2D eigenvalue weighted by Gasteiger charge is -2.06. The van der Waals surface area contributed by atoms with E-state index in [1.54, 1.807) is 19.1 Å². The zero-order chi connectivity index (χ0) is 11.4. The Balaban J connectivity index is 3.28. The van der Waals surface area contributed by atoms with Gasteiger partial charge in [0.1, 0.15) is 5.75 Å². The van der Waals surface area contributed by atoms with Crippen LogP contribution in [-0.2, 0) is 0 Å². The van der Waals surface area contributed by atoms with Crippen LogP contribution in [0.5, 0.6) is 5.75 Å². The van der Waals surface area contributed by atoms with E-state index in [0.717, 1.165) is 0 Å². The van der Waals surface area contributed by atoms with Crippen molar-refractivity contribution < 1.29 is 9.66 Å². The molecule has 0 amide bonds. The monoisotopic (exact) mass is 206 g/mol. The summed E-state index contributed by atoms with van der Waals surface area (Å²) < 4.78 is 4.89. The second-order valence-electron chi connectivity index (χ2n) is 3.03. The summed E-state index contributed by atoms with van der Waals surface area (Å²) in [4.78, 5) is 10.2. The highest BCUT2D eigenvalue weighted by atomic mass is 16.6. The molecular formula is C10H10N2O3. The predicted octanol–water partition coefficient (Wildman–Crippen LogP) is 2.23. The molecule has 0 saturated heterocycles. The first kappa shape index (κ1) is 11.0. The Hall–Kier alpha value is -2.09. The molecule has 0 N–H and O–H groups in total. The summed E-state index contributed by atoms with van der Waals surface area (Å²) in [6.45, 7) is 1.62. The molecule has 0 aliphatic heterocycles. The SMILES string of the molecule is COc1ccc(C(C)C#N)c([N+](=O)[O-])c1. The van der Waals surface area contributed by atoms with E-state index in [0.29, 0.717) is 11.3 Å². The number of nitrogens with zero attached hydrogens (tertiary/aromatic N) is 2. The Morgan fingerprint density at radius 2 is 2.27 bits per heavy atom. The van der Waals surface area contributed by atoms with E-state index in [1.165, 1.54) is 13.2 Å². The quantitative estimate of drug-likeness (QED) is 0.561. The number of nitriles is 1. The van der Waals surface area contributed by atoms with E-state index in [2.05, 4.69) is 0 Å². The number of rotatable bonds is 3. The fourth-order valence-corrected chi connectivity index (χ4v) is 1.24. The Morgan fingerprint density at radius 1 is 1.60 bits per heavy atom. The third kappa shape index (κ3) is 2.23. The minimum absolute atomic E-state index is 0.0802. The van der Waals surface area contributed by atoms with Gasteiger partial charge >= 0.3 is 0 Å². The van der Waals surface area contributed by atoms with Crippen molar-refractivity contribution in [2.75, 3.05) is 7.11 Å². The van der Waals surface area contributed by atoms with Gasteiger partial charge in [0, 0.05) is 5.56 Å². The van der Waals surface area contributed by atoms with E-state index in [1.807, 2.05) is 6.07 Å². The second kappa shape index (κ2) is 4.42. The topological polar surface area (TPSA) is 76.2 Å². The Morgan fingerprint density at radius 3 is 2.73 bits per heavy atom. The summed E-state index contributed by atoms with van der Waals surface area (Å²) in [6.07, 6.45) is 0. The maximum Gasteiger partial charge on any atom is 0.277 e. The van der Waals surface area contributed by atoms with Crippen LogP contribution >= 0.6 is 0 Å². The Bertz CT molecular complexity index is 423. The van der Waals surface area contributed by atoms with Crippen LogP contribution in [0.3, 0.4) is 0 Å². The molecule has 0 spiro atoms. The molecule has 0 bridgehead atoms. The third-order valence-electron chi connectivity index (χ3n) is 2.09. The highest BCUT2D eigenvalue weighted by Gasteiger charge is 2.19. The molecule has 5 heteroatoms. The number of hydrogen-bond donors (Lipinski definition) is 0. The van der Waals surface area contributed by atoms with Gasteiger partial charge < -0.3 is 4.74 Å². The van der Waals surface area contributed by atoms with Gasteiger partial charge in [-0.05, 0) is 19.1 Å². The molecule has 0 aliphatic rings. The largest absolute Gasteiger partial charge is 0.497 e. The van der Waals surface area contributed by atoms with Crippen molar-refractivity contribution in [1.82, 2.24) is 0 Å². The van der Waals surface area contributed by atoms with Crippen LogP contribution in [0.4, 0.5) is 5.69 Å². The normalized spacial score (nSPS) is 11.5. The number of methoxy groups -OCH3 is 1. The van der Waals surface area contributed by atoms with Gasteiger partial charge in [-0.2, -0.15) is 5.26 Å². The first-order valence-corrected chi connectivity index (χ1v) is 4.32. The van der Waals surface area contributed by atoms with Gasteiger partial charge in [0.15, 0.2) is 0 Å². The molecular weight excluding hydrogens is 196 g/mol. The molecule has 0 aromatic heterocycles. The highest BCUT2D eigenvalue weighted by molar-refractivity contribution is 5.49. The maximum absolute atomic E-state index is 10.8. The minimum atomic E-state index is -0.508. The highest BCUT2D eigenvalue weighted by Crippen LogP contribution is 2.29. The van der Waals surface area contributed by atoms with Crippen molar-refractivity contribution in [2.24, 2.45) is 0 Å². The molecule has 0 saturated carbocycles. The van der Waals surface area contributed by atoms with Crippen LogP contribution in [0.25, 0.3) is 0 Å². The van der Waals surface area contributed by atoms with Crippen LogP contribution in [-0.4, -0.2) is 12.0 Å². The van der Waals surface area contributed by atoms with Crippen molar-refractivity contribution in [3.05, 3.63) is 33.9 Å². The fraction of sp³-hybridized carbons (Fsp3) is 0.300. The van der Waals surface area contributed by atoms with Gasteiger partial charge in [0.05, 0.1) is 30.1 Å². The lowest BCUT2D eigenvalue weighted by atomic mass is 10.0. The molecule has 15 heavy (non-hydrogen) atoms. The fourth-order valence-electron chi connectivity index (χ4n) is 1.24. The second-order valence-corrected chi connectivity index (χ2v) is 3.03. The Labute approximate surface area is 87.1 Å². The van der Waals surface area contributed by atoms with Gasteiger partial charge in [-0.15, -0.1) is 0 Å². The van der Waals surface area contributed by atoms with E-state index < -0.39 is 10.8 Å². The number of benzene rings is 1. The summed E-state index contributed by atoms with van der Waals surface area (Å²) in [6, 6.07) is 6.45. The molecule has 0 aliphatic carbocycles. The van der Waals surface area contributed by atoms with Crippen molar-refractivity contribution in [3.63, 3.8) is 0 Å². The van der Waals surface area contributed by atoms with Gasteiger partial charge in [-0.1, -0.05) is 0 Å². The molecule has 1 aromatic carbocycles. The van der Waals surface area contributed by atoms with Crippen LogP contribution in [0, 0.1) is 21.4 Å². The van der Waals surface area contributed by atoms with Gasteiger partial charge in [-0.3, -0.25) is 10.1 Å². The molecule has 1 aromatic rings. The van der Waals surface area contributed by atoms with Gasteiger partial charge in [0.2, 0.25) is 0 Å². The van der Waals surface area contributed by atoms with E-state index in [-0.39, 0.29) is 5.69 Å². The first-order valence-electron chi connectivity index (χ1n) is 4.32. The number of hydrogen-bond acceptors (Lipinski definition) is 4. The zero-order valence-corrected chi connectivity index (χ0v) is 8.43. The van der Waals surface area contributed by atoms with E-state index in [9.17, 15) is 10.1 Å². The molecule has 0 radical (unpaired) electrons. The smallest absolute Gasteiger partial charge is 0.277 e. The van der Waals surface area contributed by atoms with E-state index in [4.69, 9.17) is 10.00 Å². The molecule has 1 unspecified atom stereocenters. The van der Waals surface area contributed by atoms with Gasteiger partial charge in [-0.25, -0.2) is 0 Å². The summed E-state index contributed by atoms with van der Waals surface area (Å²) in [5.74, 6) is -0.0908. The third-order valence-corrected chi connectivity index (χ3v) is 2.09. The Kier molecular flexibility index (Phi) is 3.24. The van der Waals surface area contributed by atoms with Gasteiger partial charge in [0.25, 0.3) is 5.69 Å². The lowest BCUT2D eigenvalue weighted by molar-refractivity contribution is -0.385. The first-order chi connectivity index (χ1) is 7.10. The van der Waals surface area contributed by atoms with Crippen molar-refractivity contribution in [2.45, 2.75) is 12.8 Å². The van der Waals surface area contributed by atoms with Crippen LogP contribution in [0.2, 0.25) is 0 Å². The van der Waals surface area contributed by atoms with Crippen LogP contribution in [0.15, 0.2) is 18.2 Å². The average Bonchev–Trinajstić information content (AvgIpc) is 2.27. The molecule has 1 atom stereocenters. The summed E-state index contributed by atoms with van der Waals surface area (Å²) in [5.41, 5.74) is 0.326. The van der Waals surface area contributed by atoms with Crippen molar-refractivity contribution in [1.29, 1.82) is 5.26 Å². The lowest BCUT2D eigenvalue weighted by Crippen LogP contribution is -1.99. The van der Waals surface area contributed by atoms with E-state index >= 15 is 0 Å². The predicted molar refractivity (Wildman–Crippen MR) is 53.7 cm³/mol. The maximum atomic E-state index is 10.8. The molecule has 0 heterocycles. The van der Waals surface area contributed by atoms with Crippen LogP contribution in [0.1, 0.15) is 18.4 Å². The number of ether oxygens (including phenoxy) is 1. The number of nitro groups is 1. The summed E-state index contributed by atoms with van der Waals surface area (Å²) in [5, 5.41) is 19.5. The molecule has 5 nitrogen and oxygen atoms in total. The zero-order valence-electron chi connectivity index (χ0n) is 8.43. The molecule has 0 fully saturated rings. The van der Waals surface area contributed by atoms with Crippen molar-refractivity contribution >= 4 is 5.69 Å². The summed E-state index contributed by atoms with van der Waals surface area (Å²) in [7, 11) is 1.44. The molecule has 78 valence electrons. The average molecular weight is 206 g/mol. The standard InChI is InChI=1S/C10H10N2O3/c1-7(6-11)9-4-3-8(15-2)5-10(9)12(13)14/h3-5,7H,1-2H3. The van der Waals surface area contributed by atoms with Crippen molar-refractivity contribution in [3.8, 4) is 11.8 Å². The minimum Gasteiger partial charge on any atom is -0.497 e. The molecule has 1 rings (SSSR count). The number of nitro benzene ring substituents is 1. The summed E-state index contributed by atoms with van der Waals surface area (Å²) >= 11 is 0.